The number of hydrogen-bond donors (Lipinski definition) is 1. The maximum atomic E-state index is 12.5. The molecule has 3 nitrogen and oxygen atoms in total. The highest BCUT2D eigenvalue weighted by atomic mass is 16.2. The van der Waals surface area contributed by atoms with E-state index in [0.29, 0.717) is 6.54 Å². The van der Waals surface area contributed by atoms with Crippen LogP contribution in [0.3, 0.4) is 0 Å². The molecule has 0 bridgehead atoms. The molecule has 0 unspecified atom stereocenters. The summed E-state index contributed by atoms with van der Waals surface area (Å²) in [5.41, 5.74) is 5.19. The molecule has 0 aliphatic rings. The Kier molecular flexibility index (Phi) is 4.63. The Morgan fingerprint density at radius 3 is 2.14 bits per heavy atom. The van der Waals surface area contributed by atoms with Crippen molar-refractivity contribution in [1.82, 2.24) is 0 Å². The van der Waals surface area contributed by atoms with Crippen molar-refractivity contribution in [1.29, 1.82) is 0 Å². The number of nitrogens with zero attached hydrogens (tertiary/aromatic N) is 1. The predicted octanol–water partition coefficient (Wildman–Crippen LogP) is 4.67. The number of para-hydroxylation sites is 1. The van der Waals surface area contributed by atoms with Gasteiger partial charge in [-0.1, -0.05) is 35.9 Å². The quantitative estimate of drug-likeness (QED) is 0.871. The van der Waals surface area contributed by atoms with Gasteiger partial charge in [0.05, 0.1) is 0 Å². The smallest absolute Gasteiger partial charge is 0.307 e. The van der Waals surface area contributed by atoms with E-state index in [9.17, 15) is 4.79 Å². The highest BCUT2D eigenvalue weighted by Gasteiger charge is 2.15. The van der Waals surface area contributed by atoms with Gasteiger partial charge in [0.1, 0.15) is 0 Å². The van der Waals surface area contributed by atoms with Crippen LogP contribution >= 0.6 is 0 Å². The van der Waals surface area contributed by atoms with Crippen molar-refractivity contribution in [2.45, 2.75) is 27.7 Å². The minimum atomic E-state index is -0.0984. The van der Waals surface area contributed by atoms with Crippen LogP contribution in [0.15, 0.2) is 42.5 Å². The molecular weight excluding hydrogens is 260 g/mol. The molecule has 21 heavy (non-hydrogen) atoms. The lowest BCUT2D eigenvalue weighted by Gasteiger charge is -2.23. The predicted molar refractivity (Wildman–Crippen MR) is 89.1 cm³/mol. The molecule has 2 amide bonds. The van der Waals surface area contributed by atoms with Gasteiger partial charge in [0, 0.05) is 17.9 Å². The molecule has 2 aromatic rings. The number of amides is 2. The van der Waals surface area contributed by atoms with Crippen molar-refractivity contribution in [2.24, 2.45) is 0 Å². The number of urea groups is 1. The number of hydrogen-bond acceptors (Lipinski definition) is 1. The van der Waals surface area contributed by atoms with Gasteiger partial charge in [0.25, 0.3) is 0 Å². The zero-order valence-electron chi connectivity index (χ0n) is 13.1. The highest BCUT2D eigenvalue weighted by molar-refractivity contribution is 6.02. The monoisotopic (exact) mass is 282 g/mol. The van der Waals surface area contributed by atoms with E-state index in [2.05, 4.69) is 24.4 Å². The molecule has 3 heteroatoms. The Hall–Kier alpha value is -2.29. The molecule has 0 aliphatic heterocycles. The summed E-state index contributed by atoms with van der Waals surface area (Å²) in [4.78, 5) is 14.3. The van der Waals surface area contributed by atoms with Crippen molar-refractivity contribution in [3.8, 4) is 0 Å². The summed E-state index contributed by atoms with van der Waals surface area (Å²) in [6, 6.07) is 13.8. The van der Waals surface area contributed by atoms with Crippen molar-refractivity contribution in [2.75, 3.05) is 16.8 Å². The molecule has 2 rings (SSSR count). The maximum absolute atomic E-state index is 12.5. The molecule has 2 aromatic carbocycles. The lowest BCUT2D eigenvalue weighted by molar-refractivity contribution is 0.257. The van der Waals surface area contributed by atoms with E-state index >= 15 is 0 Å². The maximum Gasteiger partial charge on any atom is 0.326 e. The first kappa shape index (κ1) is 15.1. The van der Waals surface area contributed by atoms with Crippen LogP contribution in [-0.4, -0.2) is 12.6 Å². The number of carbonyl (C=O) groups excluding carboxylic acids is 1. The Labute approximate surface area is 126 Å². The molecule has 110 valence electrons. The van der Waals surface area contributed by atoms with Gasteiger partial charge in [0.2, 0.25) is 0 Å². The Balaban J connectivity index is 2.25. The molecule has 0 fully saturated rings. The van der Waals surface area contributed by atoms with E-state index in [1.165, 1.54) is 5.56 Å². The summed E-state index contributed by atoms with van der Waals surface area (Å²) in [6.07, 6.45) is 0. The van der Waals surface area contributed by atoms with Crippen LogP contribution in [0, 0.1) is 20.8 Å². The lowest BCUT2D eigenvalue weighted by Crippen LogP contribution is -2.35. The summed E-state index contributed by atoms with van der Waals surface area (Å²) in [7, 11) is 0. The number of rotatable bonds is 3. The van der Waals surface area contributed by atoms with E-state index < -0.39 is 0 Å². The molecule has 0 aliphatic carbocycles. The topological polar surface area (TPSA) is 32.3 Å². The SMILES string of the molecule is CCN(C(=O)Nc1c(C)cc(C)cc1C)c1ccccc1. The number of aryl methyl sites for hydroxylation is 3. The summed E-state index contributed by atoms with van der Waals surface area (Å²) >= 11 is 0. The molecule has 0 spiro atoms. The van der Waals surface area contributed by atoms with Gasteiger partial charge >= 0.3 is 6.03 Å². The van der Waals surface area contributed by atoms with Crippen LogP contribution in [0.1, 0.15) is 23.6 Å². The third kappa shape index (κ3) is 3.43. The van der Waals surface area contributed by atoms with E-state index in [1.54, 1.807) is 4.90 Å². The fourth-order valence-corrected chi connectivity index (χ4v) is 2.60. The van der Waals surface area contributed by atoms with Crippen LogP contribution in [0.2, 0.25) is 0 Å². The molecule has 0 atom stereocenters. The van der Waals surface area contributed by atoms with Gasteiger partial charge in [-0.2, -0.15) is 0 Å². The van der Waals surface area contributed by atoms with Crippen molar-refractivity contribution in [3.05, 3.63) is 59.2 Å². The number of carbonyl (C=O) groups is 1. The fourth-order valence-electron chi connectivity index (χ4n) is 2.60. The number of anilines is 2. The minimum Gasteiger partial charge on any atom is -0.307 e. The zero-order valence-corrected chi connectivity index (χ0v) is 13.1. The third-order valence-corrected chi connectivity index (χ3v) is 3.54. The van der Waals surface area contributed by atoms with Crippen LogP contribution < -0.4 is 10.2 Å². The average molecular weight is 282 g/mol. The second-order valence-corrected chi connectivity index (χ2v) is 5.28. The summed E-state index contributed by atoms with van der Waals surface area (Å²) in [5, 5.41) is 3.04. The Morgan fingerprint density at radius 2 is 1.62 bits per heavy atom. The fraction of sp³-hybridized carbons (Fsp3) is 0.278. The molecule has 0 radical (unpaired) electrons. The Morgan fingerprint density at radius 1 is 1.05 bits per heavy atom. The van der Waals surface area contributed by atoms with Gasteiger partial charge in [-0.25, -0.2) is 4.79 Å². The first-order valence-corrected chi connectivity index (χ1v) is 7.24. The van der Waals surface area contributed by atoms with E-state index in [-0.39, 0.29) is 6.03 Å². The summed E-state index contributed by atoms with van der Waals surface area (Å²) in [5.74, 6) is 0. The van der Waals surface area contributed by atoms with E-state index in [4.69, 9.17) is 0 Å². The van der Waals surface area contributed by atoms with E-state index in [1.807, 2.05) is 51.1 Å². The van der Waals surface area contributed by atoms with Gasteiger partial charge in [-0.15, -0.1) is 0 Å². The van der Waals surface area contributed by atoms with Gasteiger partial charge in [0.15, 0.2) is 0 Å². The Bertz CT molecular complexity index is 612. The molecule has 0 saturated heterocycles. The number of nitrogens with one attached hydrogen (secondary N) is 1. The molecule has 0 saturated carbocycles. The third-order valence-electron chi connectivity index (χ3n) is 3.54. The zero-order chi connectivity index (χ0) is 15.4. The van der Waals surface area contributed by atoms with Gasteiger partial charge in [-0.3, -0.25) is 4.90 Å². The van der Waals surface area contributed by atoms with Crippen LogP contribution in [0.5, 0.6) is 0 Å². The first-order chi connectivity index (χ1) is 10.0. The van der Waals surface area contributed by atoms with Crippen LogP contribution in [-0.2, 0) is 0 Å². The second-order valence-electron chi connectivity index (χ2n) is 5.28. The van der Waals surface area contributed by atoms with Crippen molar-refractivity contribution >= 4 is 17.4 Å². The van der Waals surface area contributed by atoms with Gasteiger partial charge < -0.3 is 5.32 Å². The summed E-state index contributed by atoms with van der Waals surface area (Å²) in [6.45, 7) is 8.71. The largest absolute Gasteiger partial charge is 0.326 e. The van der Waals surface area contributed by atoms with Gasteiger partial charge in [-0.05, 0) is 51.0 Å². The minimum absolute atomic E-state index is 0.0984. The molecule has 0 aromatic heterocycles. The van der Waals surface area contributed by atoms with E-state index in [0.717, 1.165) is 22.5 Å². The van der Waals surface area contributed by atoms with Crippen LogP contribution in [0.4, 0.5) is 16.2 Å². The van der Waals surface area contributed by atoms with Crippen molar-refractivity contribution in [3.63, 3.8) is 0 Å². The molecule has 1 N–H and O–H groups in total. The summed E-state index contributed by atoms with van der Waals surface area (Å²) < 4.78 is 0. The standard InChI is InChI=1S/C18H22N2O/c1-5-20(16-9-7-6-8-10-16)18(21)19-17-14(3)11-13(2)12-15(17)4/h6-12H,5H2,1-4H3,(H,19,21). The molecular formula is C18H22N2O. The normalized spacial score (nSPS) is 10.3. The van der Waals surface area contributed by atoms with Crippen molar-refractivity contribution < 1.29 is 4.79 Å². The average Bonchev–Trinajstić information content (AvgIpc) is 2.45. The molecule has 0 heterocycles. The lowest BCUT2D eigenvalue weighted by atomic mass is 10.1. The highest BCUT2D eigenvalue weighted by Crippen LogP contribution is 2.23. The first-order valence-electron chi connectivity index (χ1n) is 7.24. The number of benzene rings is 2. The second kappa shape index (κ2) is 6.44. The van der Waals surface area contributed by atoms with Crippen LogP contribution in [0.25, 0.3) is 0 Å².